The number of aromatic hydroxyl groups is 1. The van der Waals surface area contributed by atoms with E-state index in [1.807, 2.05) is 0 Å². The van der Waals surface area contributed by atoms with Crippen molar-refractivity contribution in [2.45, 2.75) is 0 Å². The molecule has 0 saturated carbocycles. The average molecular weight is 444 g/mol. The number of phenolic OH excluding ortho intramolecular Hbond substituents is 1. The van der Waals surface area contributed by atoms with Crippen molar-refractivity contribution in [3.63, 3.8) is 0 Å². The lowest BCUT2D eigenvalue weighted by Gasteiger charge is -2.03. The predicted octanol–water partition coefficient (Wildman–Crippen LogP) is 5.35. The molecule has 0 bridgehead atoms. The first kappa shape index (κ1) is 17.4. The number of nitrogens with one attached hydrogen (secondary N) is 1. The summed E-state index contributed by atoms with van der Waals surface area (Å²) in [5.41, 5.74) is 1.12. The van der Waals surface area contributed by atoms with Crippen LogP contribution < -0.4 is 5.32 Å². The molecule has 1 aliphatic heterocycles. The van der Waals surface area contributed by atoms with E-state index in [1.54, 1.807) is 42.5 Å². The first-order chi connectivity index (χ1) is 11.4. The highest BCUT2D eigenvalue weighted by Crippen LogP contribution is 2.35. The van der Waals surface area contributed by atoms with Crippen LogP contribution in [0, 0.1) is 0 Å². The largest absolute Gasteiger partial charge is 0.506 e. The molecule has 0 spiro atoms. The monoisotopic (exact) mass is 442 g/mol. The zero-order valence-electron chi connectivity index (χ0n) is 11.9. The second-order valence-electron chi connectivity index (χ2n) is 4.78. The van der Waals surface area contributed by atoms with E-state index in [1.165, 1.54) is 11.8 Å². The van der Waals surface area contributed by atoms with Gasteiger partial charge < -0.3 is 10.4 Å². The van der Waals surface area contributed by atoms with Crippen molar-refractivity contribution in [3.05, 3.63) is 61.4 Å². The summed E-state index contributed by atoms with van der Waals surface area (Å²) in [4.78, 5) is 16.8. The zero-order chi connectivity index (χ0) is 17.3. The first-order valence-corrected chi connectivity index (χ1v) is 9.02. The van der Waals surface area contributed by atoms with Gasteiger partial charge in [0.25, 0.3) is 5.91 Å². The molecule has 3 rings (SSSR count). The van der Waals surface area contributed by atoms with Gasteiger partial charge in [0, 0.05) is 15.6 Å². The van der Waals surface area contributed by atoms with E-state index in [0.717, 1.165) is 0 Å². The quantitative estimate of drug-likeness (QED) is 0.614. The molecular formula is C16H9BrCl2N2O2S. The maximum atomic E-state index is 12.1. The minimum Gasteiger partial charge on any atom is -0.506 e. The fourth-order valence-corrected chi connectivity index (χ4v) is 3.74. The first-order valence-electron chi connectivity index (χ1n) is 6.65. The van der Waals surface area contributed by atoms with E-state index in [4.69, 9.17) is 23.2 Å². The van der Waals surface area contributed by atoms with Crippen molar-refractivity contribution in [2.75, 3.05) is 0 Å². The van der Waals surface area contributed by atoms with Gasteiger partial charge in [0.2, 0.25) is 0 Å². The molecule has 24 heavy (non-hydrogen) atoms. The van der Waals surface area contributed by atoms with Crippen molar-refractivity contribution in [2.24, 2.45) is 4.99 Å². The van der Waals surface area contributed by atoms with Crippen LogP contribution in [0.4, 0.5) is 5.69 Å². The molecule has 122 valence electrons. The minimum atomic E-state index is -0.289. The van der Waals surface area contributed by atoms with Crippen molar-refractivity contribution in [3.8, 4) is 5.75 Å². The molecule has 1 fully saturated rings. The van der Waals surface area contributed by atoms with E-state index in [2.05, 4.69) is 26.2 Å². The zero-order valence-corrected chi connectivity index (χ0v) is 15.8. The number of phenols is 1. The molecule has 2 N–H and O–H groups in total. The number of amides is 1. The topological polar surface area (TPSA) is 61.7 Å². The number of benzene rings is 2. The van der Waals surface area contributed by atoms with E-state index < -0.39 is 0 Å². The molecule has 0 unspecified atom stereocenters. The van der Waals surface area contributed by atoms with E-state index in [0.29, 0.717) is 35.8 Å². The van der Waals surface area contributed by atoms with Crippen LogP contribution in [0.1, 0.15) is 5.56 Å². The Hall–Kier alpha value is -1.47. The lowest BCUT2D eigenvalue weighted by atomic mass is 10.2. The second kappa shape index (κ2) is 7.19. The Morgan fingerprint density at radius 2 is 1.88 bits per heavy atom. The van der Waals surface area contributed by atoms with Crippen LogP contribution in [-0.4, -0.2) is 16.2 Å². The summed E-state index contributed by atoms with van der Waals surface area (Å²) < 4.78 is 0.459. The van der Waals surface area contributed by atoms with E-state index >= 15 is 0 Å². The fourth-order valence-electron chi connectivity index (χ4n) is 1.95. The van der Waals surface area contributed by atoms with Gasteiger partial charge in [-0.2, -0.15) is 0 Å². The molecule has 1 amide bonds. The summed E-state index contributed by atoms with van der Waals surface area (Å²) in [5.74, 6) is -0.272. The Bertz CT molecular complexity index is 882. The SMILES string of the molecule is O=C1NC(=Nc2ccc(Cl)cc2)S/C1=C\c1cc(Cl)cc(Br)c1O. The molecule has 2 aromatic rings. The molecule has 1 aliphatic rings. The van der Waals surface area contributed by atoms with Crippen LogP contribution in [0.2, 0.25) is 10.0 Å². The number of rotatable bonds is 2. The highest BCUT2D eigenvalue weighted by molar-refractivity contribution is 9.10. The van der Waals surface area contributed by atoms with Gasteiger partial charge in [0.1, 0.15) is 5.75 Å². The Labute approximate surface area is 160 Å². The Morgan fingerprint density at radius 1 is 1.17 bits per heavy atom. The van der Waals surface area contributed by atoms with Crippen LogP contribution >= 0.6 is 50.9 Å². The lowest BCUT2D eigenvalue weighted by Crippen LogP contribution is -2.19. The van der Waals surface area contributed by atoms with Crippen LogP contribution in [0.5, 0.6) is 5.75 Å². The highest BCUT2D eigenvalue weighted by Gasteiger charge is 2.24. The van der Waals surface area contributed by atoms with Gasteiger partial charge in [0.05, 0.1) is 15.1 Å². The Kier molecular flexibility index (Phi) is 5.20. The molecule has 0 radical (unpaired) electrons. The van der Waals surface area contributed by atoms with Gasteiger partial charge in [-0.25, -0.2) is 4.99 Å². The normalized spacial score (nSPS) is 17.5. The van der Waals surface area contributed by atoms with Crippen LogP contribution in [0.25, 0.3) is 6.08 Å². The number of carbonyl (C=O) groups excluding carboxylic acids is 1. The third kappa shape index (κ3) is 3.95. The maximum absolute atomic E-state index is 12.1. The van der Waals surface area contributed by atoms with Crippen molar-refractivity contribution < 1.29 is 9.90 Å². The molecule has 0 aliphatic carbocycles. The Balaban J connectivity index is 1.89. The van der Waals surface area contributed by atoms with Gasteiger partial charge >= 0.3 is 0 Å². The molecular weight excluding hydrogens is 435 g/mol. The van der Waals surface area contributed by atoms with Crippen LogP contribution in [0.15, 0.2) is 50.8 Å². The molecule has 1 saturated heterocycles. The summed E-state index contributed by atoms with van der Waals surface area (Å²) in [7, 11) is 0. The van der Waals surface area contributed by atoms with Crippen LogP contribution in [-0.2, 0) is 4.79 Å². The number of halogens is 3. The van der Waals surface area contributed by atoms with Gasteiger partial charge in [-0.3, -0.25) is 4.79 Å². The highest BCUT2D eigenvalue weighted by atomic mass is 79.9. The molecule has 0 atom stereocenters. The van der Waals surface area contributed by atoms with Gasteiger partial charge in [-0.15, -0.1) is 0 Å². The second-order valence-corrected chi connectivity index (χ2v) is 7.54. The van der Waals surface area contributed by atoms with Gasteiger partial charge in [-0.1, -0.05) is 23.2 Å². The maximum Gasteiger partial charge on any atom is 0.264 e. The fraction of sp³-hybridized carbons (Fsp3) is 0. The summed E-state index contributed by atoms with van der Waals surface area (Å²) in [6.07, 6.45) is 1.57. The predicted molar refractivity (Wildman–Crippen MR) is 103 cm³/mol. The molecule has 4 nitrogen and oxygen atoms in total. The molecule has 2 aromatic carbocycles. The third-order valence-electron chi connectivity index (χ3n) is 3.05. The van der Waals surface area contributed by atoms with Gasteiger partial charge in [-0.05, 0) is 70.2 Å². The van der Waals surface area contributed by atoms with Crippen molar-refractivity contribution >= 4 is 73.7 Å². The van der Waals surface area contributed by atoms with Crippen molar-refractivity contribution in [1.29, 1.82) is 0 Å². The number of carbonyl (C=O) groups is 1. The number of aliphatic imine (C=N–C) groups is 1. The summed E-state index contributed by atoms with van der Waals surface area (Å²) in [6, 6.07) is 10.1. The average Bonchev–Trinajstić information content (AvgIpc) is 2.86. The number of hydrogen-bond acceptors (Lipinski definition) is 4. The summed E-state index contributed by atoms with van der Waals surface area (Å²) >= 11 is 16.2. The lowest BCUT2D eigenvalue weighted by molar-refractivity contribution is -0.115. The standard InChI is InChI=1S/C16H9BrCl2N2O2S/c17-12-7-10(19)5-8(14(12)22)6-13-15(23)21-16(24-13)20-11-3-1-9(18)2-4-11/h1-7,22H,(H,20,21,23)/b13-6-. The summed E-state index contributed by atoms with van der Waals surface area (Å²) in [5, 5.41) is 14.3. The summed E-state index contributed by atoms with van der Waals surface area (Å²) in [6.45, 7) is 0. The van der Waals surface area contributed by atoms with Crippen LogP contribution in [0.3, 0.4) is 0 Å². The van der Waals surface area contributed by atoms with Crippen molar-refractivity contribution in [1.82, 2.24) is 5.32 Å². The smallest absolute Gasteiger partial charge is 0.264 e. The van der Waals surface area contributed by atoms with Gasteiger partial charge in [0.15, 0.2) is 5.17 Å². The molecule has 8 heteroatoms. The molecule has 0 aromatic heterocycles. The number of nitrogens with zero attached hydrogens (tertiary/aromatic N) is 1. The number of amidine groups is 1. The third-order valence-corrected chi connectivity index (χ3v) is 5.04. The number of hydrogen-bond donors (Lipinski definition) is 2. The Morgan fingerprint density at radius 3 is 2.58 bits per heavy atom. The molecule has 1 heterocycles. The minimum absolute atomic E-state index is 0.0170. The van der Waals surface area contributed by atoms with E-state index in [-0.39, 0.29) is 11.7 Å². The number of thioether (sulfide) groups is 1. The van der Waals surface area contributed by atoms with E-state index in [9.17, 15) is 9.90 Å².